The molecule has 0 saturated heterocycles. The summed E-state index contributed by atoms with van der Waals surface area (Å²) in [7, 11) is -3.09. The van der Waals surface area contributed by atoms with Crippen molar-refractivity contribution >= 4 is 10.0 Å². The molecule has 0 heterocycles. The van der Waals surface area contributed by atoms with Gasteiger partial charge >= 0.3 is 0 Å². The summed E-state index contributed by atoms with van der Waals surface area (Å²) >= 11 is 0. The average Bonchev–Trinajstić information content (AvgIpc) is 2.27. The topological polar surface area (TPSA) is 46.2 Å². The molecule has 0 saturated carbocycles. The molecular formula is C13H19NO2S. The third-order valence-electron chi connectivity index (χ3n) is 2.55. The number of benzene rings is 1. The van der Waals surface area contributed by atoms with Gasteiger partial charge in [-0.15, -0.1) is 6.58 Å². The van der Waals surface area contributed by atoms with Crippen LogP contribution >= 0.6 is 0 Å². The van der Waals surface area contributed by atoms with Crippen molar-refractivity contribution in [2.24, 2.45) is 5.92 Å². The normalized spacial score (nSPS) is 13.2. The molecule has 3 nitrogen and oxygen atoms in total. The molecule has 0 fully saturated rings. The maximum Gasteiger partial charge on any atom is 0.208 e. The zero-order valence-electron chi connectivity index (χ0n) is 10.1. The number of allylic oxidation sites excluding steroid dienone is 1. The molecule has 0 spiro atoms. The summed E-state index contributed by atoms with van der Waals surface area (Å²) in [6.07, 6.45) is 4.73. The SMILES string of the molecule is C=CC(CCNS(C)(=O)=O)Cc1ccccc1. The Morgan fingerprint density at radius 1 is 1.35 bits per heavy atom. The number of hydrogen-bond acceptors (Lipinski definition) is 2. The molecule has 17 heavy (non-hydrogen) atoms. The minimum atomic E-state index is -3.09. The van der Waals surface area contributed by atoms with Crippen LogP contribution in [0.25, 0.3) is 0 Å². The lowest BCUT2D eigenvalue weighted by Gasteiger charge is -2.12. The monoisotopic (exact) mass is 253 g/mol. The molecule has 0 amide bonds. The van der Waals surface area contributed by atoms with E-state index in [0.717, 1.165) is 12.8 Å². The van der Waals surface area contributed by atoms with E-state index in [2.05, 4.69) is 23.4 Å². The lowest BCUT2D eigenvalue weighted by atomic mass is 9.96. The first kappa shape index (κ1) is 13.9. The minimum Gasteiger partial charge on any atom is -0.215 e. The molecule has 1 unspecified atom stereocenters. The van der Waals surface area contributed by atoms with Gasteiger partial charge in [-0.2, -0.15) is 0 Å². The van der Waals surface area contributed by atoms with Crippen molar-refractivity contribution in [1.29, 1.82) is 0 Å². The molecular weight excluding hydrogens is 234 g/mol. The molecule has 1 aromatic rings. The van der Waals surface area contributed by atoms with E-state index in [1.165, 1.54) is 11.8 Å². The summed E-state index contributed by atoms with van der Waals surface area (Å²) in [6.45, 7) is 4.26. The van der Waals surface area contributed by atoms with Crippen LogP contribution in [0.4, 0.5) is 0 Å². The van der Waals surface area contributed by atoms with Crippen molar-refractivity contribution in [3.05, 3.63) is 48.6 Å². The summed E-state index contributed by atoms with van der Waals surface area (Å²) in [4.78, 5) is 0. The Kier molecular flexibility index (Phi) is 5.38. The number of sulfonamides is 1. The van der Waals surface area contributed by atoms with Gasteiger partial charge in [-0.05, 0) is 24.3 Å². The third kappa shape index (κ3) is 6.24. The van der Waals surface area contributed by atoms with Gasteiger partial charge in [0.25, 0.3) is 0 Å². The second kappa shape index (κ2) is 6.57. The first-order valence-corrected chi connectivity index (χ1v) is 7.51. The molecule has 0 aromatic heterocycles. The van der Waals surface area contributed by atoms with E-state index < -0.39 is 10.0 Å². The van der Waals surface area contributed by atoms with E-state index >= 15 is 0 Å². The molecule has 0 aliphatic rings. The summed E-state index contributed by atoms with van der Waals surface area (Å²) in [6, 6.07) is 10.1. The van der Waals surface area contributed by atoms with Crippen LogP contribution in [0.1, 0.15) is 12.0 Å². The van der Waals surface area contributed by atoms with Gasteiger partial charge in [0.15, 0.2) is 0 Å². The van der Waals surface area contributed by atoms with Gasteiger partial charge in [0, 0.05) is 6.54 Å². The molecule has 1 rings (SSSR count). The Morgan fingerprint density at radius 2 is 2.00 bits per heavy atom. The molecule has 0 aliphatic carbocycles. The Labute approximate surface area is 104 Å². The highest BCUT2D eigenvalue weighted by molar-refractivity contribution is 7.88. The minimum absolute atomic E-state index is 0.298. The summed E-state index contributed by atoms with van der Waals surface area (Å²) in [5, 5.41) is 0. The number of rotatable bonds is 7. The van der Waals surface area contributed by atoms with E-state index in [4.69, 9.17) is 0 Å². The second-order valence-electron chi connectivity index (χ2n) is 4.14. The van der Waals surface area contributed by atoms with Gasteiger partial charge < -0.3 is 0 Å². The second-order valence-corrected chi connectivity index (χ2v) is 5.97. The Hall–Kier alpha value is -1.13. The maximum absolute atomic E-state index is 10.9. The zero-order chi connectivity index (χ0) is 12.7. The lowest BCUT2D eigenvalue weighted by molar-refractivity contribution is 0.557. The Morgan fingerprint density at radius 3 is 2.53 bits per heavy atom. The lowest BCUT2D eigenvalue weighted by Crippen LogP contribution is -2.24. The van der Waals surface area contributed by atoms with Crippen LogP contribution in [0, 0.1) is 5.92 Å². The Bertz CT molecular complexity index is 440. The van der Waals surface area contributed by atoms with E-state index in [9.17, 15) is 8.42 Å². The van der Waals surface area contributed by atoms with Crippen LogP contribution in [0.15, 0.2) is 43.0 Å². The van der Waals surface area contributed by atoms with E-state index in [-0.39, 0.29) is 0 Å². The highest BCUT2D eigenvalue weighted by Crippen LogP contribution is 2.12. The van der Waals surface area contributed by atoms with Crippen LogP contribution < -0.4 is 4.72 Å². The fourth-order valence-electron chi connectivity index (χ4n) is 1.65. The molecule has 1 atom stereocenters. The summed E-state index contributed by atoms with van der Waals surface area (Å²) in [5.74, 6) is 0.298. The van der Waals surface area contributed by atoms with Crippen LogP contribution in [0.5, 0.6) is 0 Å². The molecule has 4 heteroatoms. The molecule has 0 aliphatic heterocycles. The van der Waals surface area contributed by atoms with Gasteiger partial charge in [-0.3, -0.25) is 0 Å². The molecule has 1 N–H and O–H groups in total. The van der Waals surface area contributed by atoms with Crippen molar-refractivity contribution in [3.8, 4) is 0 Å². The van der Waals surface area contributed by atoms with Crippen molar-refractivity contribution in [1.82, 2.24) is 4.72 Å². The standard InChI is InChI=1S/C13H19NO2S/c1-3-12(9-10-14-17(2,15)16)11-13-7-5-4-6-8-13/h3-8,12,14H,1,9-11H2,2H3. The third-order valence-corrected chi connectivity index (χ3v) is 3.28. The highest BCUT2D eigenvalue weighted by atomic mass is 32.2. The predicted octanol–water partition coefficient (Wildman–Crippen LogP) is 1.97. The van der Waals surface area contributed by atoms with E-state index in [0.29, 0.717) is 12.5 Å². The largest absolute Gasteiger partial charge is 0.215 e. The number of hydrogen-bond donors (Lipinski definition) is 1. The summed E-state index contributed by atoms with van der Waals surface area (Å²) < 4.78 is 24.3. The Balaban J connectivity index is 2.42. The van der Waals surface area contributed by atoms with Crippen LogP contribution in [-0.4, -0.2) is 21.2 Å². The van der Waals surface area contributed by atoms with Crippen LogP contribution in [0.3, 0.4) is 0 Å². The van der Waals surface area contributed by atoms with Crippen LogP contribution in [-0.2, 0) is 16.4 Å². The average molecular weight is 253 g/mol. The molecule has 0 bridgehead atoms. The van der Waals surface area contributed by atoms with Crippen molar-refractivity contribution in [2.75, 3.05) is 12.8 Å². The smallest absolute Gasteiger partial charge is 0.208 e. The van der Waals surface area contributed by atoms with Crippen LogP contribution in [0.2, 0.25) is 0 Å². The van der Waals surface area contributed by atoms with Crippen molar-refractivity contribution in [3.63, 3.8) is 0 Å². The molecule has 0 radical (unpaired) electrons. The van der Waals surface area contributed by atoms with Crippen molar-refractivity contribution in [2.45, 2.75) is 12.8 Å². The van der Waals surface area contributed by atoms with Gasteiger partial charge in [0.1, 0.15) is 0 Å². The molecule has 1 aromatic carbocycles. The van der Waals surface area contributed by atoms with E-state index in [1.54, 1.807) is 0 Å². The number of nitrogens with one attached hydrogen (secondary N) is 1. The quantitative estimate of drug-likeness (QED) is 0.755. The fraction of sp³-hybridized carbons (Fsp3) is 0.385. The highest BCUT2D eigenvalue weighted by Gasteiger charge is 2.07. The van der Waals surface area contributed by atoms with Gasteiger partial charge in [-0.1, -0.05) is 36.4 Å². The maximum atomic E-state index is 10.9. The molecule has 94 valence electrons. The zero-order valence-corrected chi connectivity index (χ0v) is 10.9. The van der Waals surface area contributed by atoms with E-state index in [1.807, 2.05) is 24.3 Å². The first-order valence-electron chi connectivity index (χ1n) is 5.62. The fourth-order valence-corrected chi connectivity index (χ4v) is 2.14. The first-order chi connectivity index (χ1) is 8.01. The predicted molar refractivity (Wildman–Crippen MR) is 71.3 cm³/mol. The van der Waals surface area contributed by atoms with Gasteiger partial charge in [0.2, 0.25) is 10.0 Å². The van der Waals surface area contributed by atoms with Gasteiger partial charge in [0.05, 0.1) is 6.26 Å². The summed E-state index contributed by atoms with van der Waals surface area (Å²) in [5.41, 5.74) is 1.25. The van der Waals surface area contributed by atoms with Gasteiger partial charge in [-0.25, -0.2) is 13.1 Å². The van der Waals surface area contributed by atoms with Crippen molar-refractivity contribution < 1.29 is 8.42 Å².